The Hall–Kier alpha value is -1.85. The Balaban J connectivity index is 1.96. The van der Waals surface area contributed by atoms with E-state index in [-0.39, 0.29) is 17.8 Å². The number of aromatic nitrogens is 2. The van der Waals surface area contributed by atoms with Gasteiger partial charge in [-0.15, -0.1) is 0 Å². The minimum absolute atomic E-state index is 0.00740. The van der Waals surface area contributed by atoms with Gasteiger partial charge in [-0.05, 0) is 32.3 Å². The highest BCUT2D eigenvalue weighted by Crippen LogP contribution is 2.20. The van der Waals surface area contributed by atoms with Gasteiger partial charge in [0.2, 0.25) is 0 Å². The fourth-order valence-corrected chi connectivity index (χ4v) is 2.64. The van der Waals surface area contributed by atoms with Crippen LogP contribution < -0.4 is 0 Å². The molecule has 0 unspecified atom stereocenters. The zero-order chi connectivity index (χ0) is 15.4. The molecule has 6 nitrogen and oxygen atoms in total. The quantitative estimate of drug-likeness (QED) is 0.787. The molecule has 0 atom stereocenters. The Labute approximate surface area is 125 Å². The van der Waals surface area contributed by atoms with Crippen molar-refractivity contribution in [3.05, 3.63) is 17.5 Å². The molecule has 2 rings (SSSR count). The van der Waals surface area contributed by atoms with Crippen molar-refractivity contribution in [3.63, 3.8) is 0 Å². The smallest absolute Gasteiger partial charge is 0.309 e. The fourth-order valence-electron chi connectivity index (χ4n) is 2.64. The molecule has 0 radical (unpaired) electrons. The molecule has 21 heavy (non-hydrogen) atoms. The number of aryl methyl sites for hydroxylation is 2. The summed E-state index contributed by atoms with van der Waals surface area (Å²) in [5, 5.41) is 4.31. The third-order valence-electron chi connectivity index (χ3n) is 3.91. The molecule has 0 spiro atoms. The summed E-state index contributed by atoms with van der Waals surface area (Å²) in [5.74, 6) is -0.225. The maximum atomic E-state index is 12.5. The molecule has 116 valence electrons. The monoisotopic (exact) mass is 293 g/mol. The first-order valence-corrected chi connectivity index (χ1v) is 7.55. The van der Waals surface area contributed by atoms with Crippen molar-refractivity contribution in [1.29, 1.82) is 0 Å². The van der Waals surface area contributed by atoms with Gasteiger partial charge in [0.15, 0.2) is 0 Å². The van der Waals surface area contributed by atoms with E-state index in [1.54, 1.807) is 16.6 Å². The number of hydrogen-bond acceptors (Lipinski definition) is 4. The molecule has 1 saturated heterocycles. The Morgan fingerprint density at radius 3 is 2.52 bits per heavy atom. The van der Waals surface area contributed by atoms with E-state index in [1.165, 1.54) is 0 Å². The van der Waals surface area contributed by atoms with Crippen LogP contribution in [0.25, 0.3) is 0 Å². The molecule has 0 saturated carbocycles. The fraction of sp³-hybridized carbons (Fsp3) is 0.667. The van der Waals surface area contributed by atoms with Crippen LogP contribution >= 0.6 is 0 Å². The molecule has 0 aliphatic carbocycles. The molecule has 1 aliphatic heterocycles. The highest BCUT2D eigenvalue weighted by atomic mass is 16.5. The molecular formula is C15H23N3O3. The van der Waals surface area contributed by atoms with E-state index < -0.39 is 0 Å². The first-order chi connectivity index (χ1) is 10.1. The third-order valence-corrected chi connectivity index (χ3v) is 3.91. The third kappa shape index (κ3) is 3.43. The predicted octanol–water partition coefficient (Wildman–Crippen LogP) is 1.40. The van der Waals surface area contributed by atoms with Gasteiger partial charge in [0.25, 0.3) is 5.91 Å². The second-order valence-corrected chi connectivity index (χ2v) is 5.32. The lowest BCUT2D eigenvalue weighted by Crippen LogP contribution is -2.41. The van der Waals surface area contributed by atoms with Gasteiger partial charge in [-0.3, -0.25) is 14.3 Å². The number of nitrogens with zero attached hydrogens (tertiary/aromatic N) is 3. The topological polar surface area (TPSA) is 64.4 Å². The molecule has 2 heterocycles. The van der Waals surface area contributed by atoms with Crippen molar-refractivity contribution in [2.45, 2.75) is 33.1 Å². The van der Waals surface area contributed by atoms with Crippen LogP contribution in [0.1, 0.15) is 42.9 Å². The van der Waals surface area contributed by atoms with Gasteiger partial charge >= 0.3 is 5.97 Å². The van der Waals surface area contributed by atoms with Crippen LogP contribution in [0.15, 0.2) is 6.07 Å². The van der Waals surface area contributed by atoms with E-state index >= 15 is 0 Å². The minimum atomic E-state index is -0.140. The SMILES string of the molecule is CCOC(=O)C1CCN(C(=O)c2cc(CC)nn2C)CC1. The summed E-state index contributed by atoms with van der Waals surface area (Å²) in [4.78, 5) is 26.0. The molecule has 0 aromatic carbocycles. The van der Waals surface area contributed by atoms with E-state index in [0.717, 1.165) is 12.1 Å². The molecule has 0 bridgehead atoms. The first kappa shape index (κ1) is 15.5. The van der Waals surface area contributed by atoms with Gasteiger partial charge in [0, 0.05) is 20.1 Å². The van der Waals surface area contributed by atoms with Crippen LogP contribution in [0.3, 0.4) is 0 Å². The van der Waals surface area contributed by atoms with Crippen molar-refractivity contribution >= 4 is 11.9 Å². The van der Waals surface area contributed by atoms with Crippen molar-refractivity contribution in [3.8, 4) is 0 Å². The van der Waals surface area contributed by atoms with Crippen LogP contribution in [0.2, 0.25) is 0 Å². The normalized spacial score (nSPS) is 16.0. The van der Waals surface area contributed by atoms with Gasteiger partial charge in [-0.2, -0.15) is 5.10 Å². The summed E-state index contributed by atoms with van der Waals surface area (Å²) in [6, 6.07) is 1.85. The van der Waals surface area contributed by atoms with E-state index in [2.05, 4.69) is 5.10 Å². The molecular weight excluding hydrogens is 270 g/mol. The largest absolute Gasteiger partial charge is 0.466 e. The average Bonchev–Trinajstić information content (AvgIpc) is 2.88. The number of hydrogen-bond donors (Lipinski definition) is 0. The number of esters is 1. The molecule has 0 N–H and O–H groups in total. The molecule has 1 fully saturated rings. The number of piperidine rings is 1. The number of carbonyl (C=O) groups excluding carboxylic acids is 2. The van der Waals surface area contributed by atoms with Gasteiger partial charge in [-0.1, -0.05) is 6.92 Å². The second kappa shape index (κ2) is 6.74. The van der Waals surface area contributed by atoms with E-state index in [0.29, 0.717) is 38.2 Å². The van der Waals surface area contributed by atoms with Gasteiger partial charge in [0.1, 0.15) is 5.69 Å². The lowest BCUT2D eigenvalue weighted by molar-refractivity contribution is -0.149. The number of rotatable bonds is 4. The lowest BCUT2D eigenvalue weighted by Gasteiger charge is -2.30. The van der Waals surface area contributed by atoms with Gasteiger partial charge < -0.3 is 9.64 Å². The maximum absolute atomic E-state index is 12.5. The zero-order valence-corrected chi connectivity index (χ0v) is 13.0. The summed E-state index contributed by atoms with van der Waals surface area (Å²) in [6.07, 6.45) is 2.15. The number of likely N-dealkylation sites (tertiary alicyclic amines) is 1. The maximum Gasteiger partial charge on any atom is 0.309 e. The van der Waals surface area contributed by atoms with Crippen LogP contribution in [-0.2, 0) is 23.0 Å². The van der Waals surface area contributed by atoms with Crippen LogP contribution in [-0.4, -0.2) is 46.3 Å². The Bertz CT molecular complexity index is 516. The van der Waals surface area contributed by atoms with Crippen molar-refractivity contribution in [1.82, 2.24) is 14.7 Å². The lowest BCUT2D eigenvalue weighted by atomic mass is 9.97. The summed E-state index contributed by atoms with van der Waals surface area (Å²) >= 11 is 0. The predicted molar refractivity (Wildman–Crippen MR) is 77.8 cm³/mol. The van der Waals surface area contributed by atoms with Crippen molar-refractivity contribution in [2.75, 3.05) is 19.7 Å². The summed E-state index contributed by atoms with van der Waals surface area (Å²) in [6.45, 7) is 5.42. The van der Waals surface area contributed by atoms with Gasteiger partial charge in [-0.25, -0.2) is 0 Å². The van der Waals surface area contributed by atoms with Crippen LogP contribution in [0, 0.1) is 5.92 Å². The van der Waals surface area contributed by atoms with Crippen LogP contribution in [0.5, 0.6) is 0 Å². The second-order valence-electron chi connectivity index (χ2n) is 5.32. The summed E-state index contributed by atoms with van der Waals surface area (Å²) < 4.78 is 6.68. The van der Waals surface area contributed by atoms with Crippen molar-refractivity contribution < 1.29 is 14.3 Å². The highest BCUT2D eigenvalue weighted by Gasteiger charge is 2.29. The minimum Gasteiger partial charge on any atom is -0.466 e. The Kier molecular flexibility index (Phi) is 4.98. The Morgan fingerprint density at radius 1 is 1.33 bits per heavy atom. The molecule has 1 amide bonds. The van der Waals surface area contributed by atoms with E-state index in [9.17, 15) is 9.59 Å². The summed E-state index contributed by atoms with van der Waals surface area (Å²) in [5.41, 5.74) is 1.53. The molecule has 1 aromatic rings. The standard InChI is InChI=1S/C15H23N3O3/c1-4-12-10-13(17(3)16-12)14(19)18-8-6-11(7-9-18)15(20)21-5-2/h10-11H,4-9H2,1-3H3. The number of carbonyl (C=O) groups is 2. The Morgan fingerprint density at radius 2 is 2.00 bits per heavy atom. The average molecular weight is 293 g/mol. The first-order valence-electron chi connectivity index (χ1n) is 7.55. The summed E-state index contributed by atoms with van der Waals surface area (Å²) in [7, 11) is 1.79. The number of ether oxygens (including phenoxy) is 1. The van der Waals surface area contributed by atoms with Crippen molar-refractivity contribution in [2.24, 2.45) is 13.0 Å². The van der Waals surface area contributed by atoms with E-state index in [4.69, 9.17) is 4.74 Å². The van der Waals surface area contributed by atoms with Gasteiger partial charge in [0.05, 0.1) is 18.2 Å². The molecule has 6 heteroatoms. The van der Waals surface area contributed by atoms with E-state index in [1.807, 2.05) is 19.9 Å². The van der Waals surface area contributed by atoms with Crippen LogP contribution in [0.4, 0.5) is 0 Å². The molecule has 1 aromatic heterocycles. The number of amides is 1. The zero-order valence-electron chi connectivity index (χ0n) is 13.0. The molecule has 1 aliphatic rings. The highest BCUT2D eigenvalue weighted by molar-refractivity contribution is 5.92.